The lowest BCUT2D eigenvalue weighted by atomic mass is 10.1. The SMILES string of the molecule is Cc1cccc(C#N)c1Nc1ccc(Br)c2ccccc12. The number of halogens is 1. The van der Waals surface area contributed by atoms with E-state index in [2.05, 4.69) is 39.4 Å². The van der Waals surface area contributed by atoms with Gasteiger partial charge in [-0.1, -0.05) is 52.3 Å². The number of para-hydroxylation sites is 1. The zero-order valence-electron chi connectivity index (χ0n) is 11.5. The maximum Gasteiger partial charge on any atom is 0.101 e. The van der Waals surface area contributed by atoms with E-state index in [4.69, 9.17) is 0 Å². The van der Waals surface area contributed by atoms with E-state index in [1.165, 1.54) is 0 Å². The number of nitriles is 1. The molecule has 3 aromatic carbocycles. The van der Waals surface area contributed by atoms with Gasteiger partial charge in [0.15, 0.2) is 0 Å². The molecule has 1 N–H and O–H groups in total. The van der Waals surface area contributed by atoms with Crippen molar-refractivity contribution < 1.29 is 0 Å². The predicted octanol–water partition coefficient (Wildman–Crippen LogP) is 5.53. The van der Waals surface area contributed by atoms with E-state index in [9.17, 15) is 5.26 Å². The van der Waals surface area contributed by atoms with Crippen LogP contribution in [-0.4, -0.2) is 0 Å². The fourth-order valence-corrected chi connectivity index (χ4v) is 2.91. The van der Waals surface area contributed by atoms with Gasteiger partial charge in [-0.05, 0) is 36.1 Å². The largest absolute Gasteiger partial charge is 0.354 e. The predicted molar refractivity (Wildman–Crippen MR) is 90.8 cm³/mol. The molecule has 0 radical (unpaired) electrons. The Morgan fingerprint density at radius 2 is 1.71 bits per heavy atom. The van der Waals surface area contributed by atoms with Crippen molar-refractivity contribution in [2.75, 3.05) is 5.32 Å². The summed E-state index contributed by atoms with van der Waals surface area (Å²) < 4.78 is 1.06. The molecule has 0 unspecified atom stereocenters. The molecule has 3 rings (SSSR count). The minimum absolute atomic E-state index is 0.655. The molecule has 21 heavy (non-hydrogen) atoms. The van der Waals surface area contributed by atoms with Crippen LogP contribution in [0.3, 0.4) is 0 Å². The number of nitrogens with zero attached hydrogens (tertiary/aromatic N) is 1. The molecule has 0 saturated carbocycles. The minimum atomic E-state index is 0.655. The molecule has 0 saturated heterocycles. The minimum Gasteiger partial charge on any atom is -0.354 e. The van der Waals surface area contributed by atoms with Crippen molar-refractivity contribution in [3.8, 4) is 6.07 Å². The van der Waals surface area contributed by atoms with E-state index in [0.717, 1.165) is 32.2 Å². The number of hydrogen-bond donors (Lipinski definition) is 1. The van der Waals surface area contributed by atoms with Gasteiger partial charge in [0.05, 0.1) is 11.3 Å². The van der Waals surface area contributed by atoms with E-state index >= 15 is 0 Å². The highest BCUT2D eigenvalue weighted by Gasteiger charge is 2.08. The van der Waals surface area contributed by atoms with Crippen LogP contribution in [0.5, 0.6) is 0 Å². The van der Waals surface area contributed by atoms with Crippen LogP contribution in [0.4, 0.5) is 11.4 Å². The average molecular weight is 337 g/mol. The number of anilines is 2. The summed E-state index contributed by atoms with van der Waals surface area (Å²) >= 11 is 3.58. The molecule has 0 aliphatic carbocycles. The van der Waals surface area contributed by atoms with Gasteiger partial charge in [0.1, 0.15) is 6.07 Å². The summed E-state index contributed by atoms with van der Waals surface area (Å²) in [5, 5.41) is 15.0. The van der Waals surface area contributed by atoms with Gasteiger partial charge in [0.2, 0.25) is 0 Å². The first-order valence-electron chi connectivity index (χ1n) is 6.64. The van der Waals surface area contributed by atoms with Crippen molar-refractivity contribution in [3.63, 3.8) is 0 Å². The highest BCUT2D eigenvalue weighted by Crippen LogP contribution is 2.33. The van der Waals surface area contributed by atoms with Crippen molar-refractivity contribution in [1.29, 1.82) is 5.26 Å². The van der Waals surface area contributed by atoms with Gasteiger partial charge in [-0.3, -0.25) is 0 Å². The molecule has 0 bridgehead atoms. The third-order valence-electron chi connectivity index (χ3n) is 3.52. The van der Waals surface area contributed by atoms with Crippen molar-refractivity contribution >= 4 is 38.1 Å². The monoisotopic (exact) mass is 336 g/mol. The summed E-state index contributed by atoms with van der Waals surface area (Å²) in [5.74, 6) is 0. The van der Waals surface area contributed by atoms with Gasteiger partial charge in [-0.25, -0.2) is 0 Å². The summed E-state index contributed by atoms with van der Waals surface area (Å²) in [5.41, 5.74) is 3.58. The molecule has 0 spiro atoms. The van der Waals surface area contributed by atoms with Gasteiger partial charge < -0.3 is 5.32 Å². The first-order chi connectivity index (χ1) is 10.2. The van der Waals surface area contributed by atoms with E-state index < -0.39 is 0 Å². The summed E-state index contributed by atoms with van der Waals surface area (Å²) in [4.78, 5) is 0. The topological polar surface area (TPSA) is 35.8 Å². The fourth-order valence-electron chi connectivity index (χ4n) is 2.43. The lowest BCUT2D eigenvalue weighted by Gasteiger charge is -2.14. The van der Waals surface area contributed by atoms with Crippen LogP contribution in [0.2, 0.25) is 0 Å². The molecule has 0 fully saturated rings. The van der Waals surface area contributed by atoms with Crippen LogP contribution in [0.15, 0.2) is 59.1 Å². The summed E-state index contributed by atoms with van der Waals surface area (Å²) in [7, 11) is 0. The molecule has 3 heteroatoms. The van der Waals surface area contributed by atoms with E-state index in [-0.39, 0.29) is 0 Å². The smallest absolute Gasteiger partial charge is 0.101 e. The van der Waals surface area contributed by atoms with Gasteiger partial charge in [0.25, 0.3) is 0 Å². The van der Waals surface area contributed by atoms with Gasteiger partial charge in [-0.15, -0.1) is 0 Å². The van der Waals surface area contributed by atoms with Crippen molar-refractivity contribution in [3.05, 3.63) is 70.2 Å². The molecule has 0 aromatic heterocycles. The number of nitrogens with one attached hydrogen (secondary N) is 1. The van der Waals surface area contributed by atoms with Crippen LogP contribution < -0.4 is 5.32 Å². The Balaban J connectivity index is 2.16. The van der Waals surface area contributed by atoms with Crippen LogP contribution in [0.25, 0.3) is 10.8 Å². The molecule has 2 nitrogen and oxygen atoms in total. The lowest BCUT2D eigenvalue weighted by Crippen LogP contribution is -1.97. The van der Waals surface area contributed by atoms with Crippen molar-refractivity contribution in [1.82, 2.24) is 0 Å². The highest BCUT2D eigenvalue weighted by molar-refractivity contribution is 9.10. The van der Waals surface area contributed by atoms with E-state index in [1.807, 2.05) is 49.4 Å². The molecule has 0 amide bonds. The summed E-state index contributed by atoms with van der Waals surface area (Å²) in [6.07, 6.45) is 0. The number of hydrogen-bond acceptors (Lipinski definition) is 2. The normalized spacial score (nSPS) is 10.3. The maximum atomic E-state index is 9.28. The highest BCUT2D eigenvalue weighted by atomic mass is 79.9. The third kappa shape index (κ3) is 2.51. The summed E-state index contributed by atoms with van der Waals surface area (Å²) in [6, 6.07) is 20.2. The second kappa shape index (κ2) is 5.59. The Labute approximate surface area is 132 Å². The van der Waals surface area contributed by atoms with Crippen LogP contribution in [0, 0.1) is 18.3 Å². The van der Waals surface area contributed by atoms with Crippen LogP contribution >= 0.6 is 15.9 Å². The van der Waals surface area contributed by atoms with E-state index in [1.54, 1.807) is 0 Å². The lowest BCUT2D eigenvalue weighted by molar-refractivity contribution is 1.40. The number of fused-ring (bicyclic) bond motifs is 1. The quantitative estimate of drug-likeness (QED) is 0.668. The molecule has 0 aliphatic heterocycles. The molecule has 0 heterocycles. The Morgan fingerprint density at radius 1 is 0.952 bits per heavy atom. The maximum absolute atomic E-state index is 9.28. The second-order valence-electron chi connectivity index (χ2n) is 4.87. The second-order valence-corrected chi connectivity index (χ2v) is 5.73. The van der Waals surface area contributed by atoms with E-state index in [0.29, 0.717) is 5.56 Å². The van der Waals surface area contributed by atoms with Crippen LogP contribution in [0.1, 0.15) is 11.1 Å². The van der Waals surface area contributed by atoms with Gasteiger partial charge in [0, 0.05) is 15.5 Å². The van der Waals surface area contributed by atoms with Crippen LogP contribution in [-0.2, 0) is 0 Å². The van der Waals surface area contributed by atoms with Gasteiger partial charge >= 0.3 is 0 Å². The molecule has 3 aromatic rings. The fraction of sp³-hybridized carbons (Fsp3) is 0.0556. The standard InChI is InChI=1S/C18H13BrN2/c1-12-5-4-6-13(11-20)18(12)21-17-10-9-16(19)14-7-2-3-8-15(14)17/h2-10,21H,1H3. The Bertz CT molecular complexity index is 863. The van der Waals surface area contributed by atoms with Gasteiger partial charge in [-0.2, -0.15) is 5.26 Å². The Hall–Kier alpha value is -2.31. The average Bonchev–Trinajstić information content (AvgIpc) is 2.52. The molecular weight excluding hydrogens is 324 g/mol. The Kier molecular flexibility index (Phi) is 3.64. The Morgan fingerprint density at radius 3 is 2.48 bits per heavy atom. The molecule has 0 aliphatic rings. The number of aryl methyl sites for hydroxylation is 1. The number of benzene rings is 3. The zero-order valence-corrected chi connectivity index (χ0v) is 13.1. The van der Waals surface area contributed by atoms with Crippen molar-refractivity contribution in [2.24, 2.45) is 0 Å². The first-order valence-corrected chi connectivity index (χ1v) is 7.44. The van der Waals surface area contributed by atoms with Crippen molar-refractivity contribution in [2.45, 2.75) is 6.92 Å². The zero-order chi connectivity index (χ0) is 14.8. The third-order valence-corrected chi connectivity index (χ3v) is 4.22. The molecular formula is C18H13BrN2. The molecule has 102 valence electrons. The number of rotatable bonds is 2. The first kappa shape index (κ1) is 13.7. The molecule has 0 atom stereocenters. The summed E-state index contributed by atoms with van der Waals surface area (Å²) in [6.45, 7) is 2.00.